The van der Waals surface area contributed by atoms with E-state index in [1.165, 1.54) is 42.2 Å². The maximum Gasteiger partial charge on any atom is 0.0197 e. The predicted octanol–water partition coefficient (Wildman–Crippen LogP) is 3.58. The molecule has 1 aromatic heterocycles. The van der Waals surface area contributed by atoms with Crippen molar-refractivity contribution in [1.29, 1.82) is 0 Å². The Hall–Kier alpha value is 0.01000. The Labute approximate surface area is 113 Å². The molecule has 1 aromatic rings. The average molecular weight is 269 g/mol. The maximum atomic E-state index is 3.71. The summed E-state index contributed by atoms with van der Waals surface area (Å²) in [4.78, 5) is 3.11. The lowest BCUT2D eigenvalue weighted by atomic mass is 9.99. The Morgan fingerprint density at radius 2 is 2.06 bits per heavy atom. The monoisotopic (exact) mass is 269 g/mol. The average Bonchev–Trinajstić information content (AvgIpc) is 2.96. The second-order valence-corrected chi connectivity index (χ2v) is 7.11. The lowest BCUT2D eigenvalue weighted by Crippen LogP contribution is -2.36. The summed E-state index contributed by atoms with van der Waals surface area (Å²) < 4.78 is 0. The number of thioether (sulfide) groups is 1. The summed E-state index contributed by atoms with van der Waals surface area (Å²) in [7, 11) is 0. The van der Waals surface area contributed by atoms with Gasteiger partial charge in [-0.25, -0.2) is 0 Å². The van der Waals surface area contributed by atoms with Crippen molar-refractivity contribution >= 4 is 23.1 Å². The van der Waals surface area contributed by atoms with Gasteiger partial charge in [0.1, 0.15) is 0 Å². The molecule has 3 heteroatoms. The molecule has 1 saturated heterocycles. The number of hydrogen-bond acceptors (Lipinski definition) is 3. The van der Waals surface area contributed by atoms with E-state index < -0.39 is 0 Å². The third-order valence-corrected chi connectivity index (χ3v) is 5.89. The van der Waals surface area contributed by atoms with E-state index in [2.05, 4.69) is 43.1 Å². The van der Waals surface area contributed by atoms with Crippen LogP contribution in [0.1, 0.15) is 30.0 Å². The van der Waals surface area contributed by atoms with Crippen LogP contribution in [-0.2, 0) is 12.8 Å². The van der Waals surface area contributed by atoms with Gasteiger partial charge < -0.3 is 5.32 Å². The lowest BCUT2D eigenvalue weighted by molar-refractivity contribution is 0.427. The van der Waals surface area contributed by atoms with Gasteiger partial charge >= 0.3 is 0 Å². The van der Waals surface area contributed by atoms with Crippen molar-refractivity contribution in [3.05, 3.63) is 21.9 Å². The highest BCUT2D eigenvalue weighted by molar-refractivity contribution is 7.99. The molecule has 0 aromatic carbocycles. The van der Waals surface area contributed by atoms with Crippen LogP contribution in [0.4, 0.5) is 0 Å². The summed E-state index contributed by atoms with van der Waals surface area (Å²) in [5.41, 5.74) is 0. The molecule has 0 spiro atoms. The van der Waals surface area contributed by atoms with Gasteiger partial charge in [0.15, 0.2) is 0 Å². The first-order chi connectivity index (χ1) is 8.33. The van der Waals surface area contributed by atoms with Gasteiger partial charge in [0.05, 0.1) is 0 Å². The van der Waals surface area contributed by atoms with Gasteiger partial charge in [-0.1, -0.05) is 13.8 Å². The minimum absolute atomic E-state index is 0.743. The van der Waals surface area contributed by atoms with Gasteiger partial charge in [0, 0.05) is 21.5 Å². The zero-order chi connectivity index (χ0) is 12.1. The molecule has 1 aliphatic heterocycles. The van der Waals surface area contributed by atoms with E-state index in [-0.39, 0.29) is 0 Å². The van der Waals surface area contributed by atoms with Crippen LogP contribution in [0.3, 0.4) is 0 Å². The zero-order valence-corrected chi connectivity index (χ0v) is 12.5. The fraction of sp³-hybridized carbons (Fsp3) is 0.714. The van der Waals surface area contributed by atoms with Crippen molar-refractivity contribution in [3.8, 4) is 0 Å². The van der Waals surface area contributed by atoms with Crippen molar-refractivity contribution in [3.63, 3.8) is 0 Å². The van der Waals surface area contributed by atoms with Crippen LogP contribution in [0.5, 0.6) is 0 Å². The molecule has 2 atom stereocenters. The highest BCUT2D eigenvalue weighted by atomic mass is 32.2. The van der Waals surface area contributed by atoms with E-state index >= 15 is 0 Å². The lowest BCUT2D eigenvalue weighted by Gasteiger charge is -2.19. The van der Waals surface area contributed by atoms with Gasteiger partial charge in [0.25, 0.3) is 0 Å². The van der Waals surface area contributed by atoms with Crippen molar-refractivity contribution in [2.24, 2.45) is 5.92 Å². The summed E-state index contributed by atoms with van der Waals surface area (Å²) in [5.74, 6) is 3.48. The summed E-state index contributed by atoms with van der Waals surface area (Å²) in [5, 5.41) is 3.71. The number of aryl methyl sites for hydroxylation is 1. The Morgan fingerprint density at radius 1 is 1.24 bits per heavy atom. The van der Waals surface area contributed by atoms with E-state index in [0.717, 1.165) is 12.0 Å². The van der Waals surface area contributed by atoms with Crippen molar-refractivity contribution < 1.29 is 0 Å². The smallest absolute Gasteiger partial charge is 0.0197 e. The van der Waals surface area contributed by atoms with Gasteiger partial charge in [-0.2, -0.15) is 11.8 Å². The molecule has 96 valence electrons. The molecule has 1 nitrogen and oxygen atoms in total. The highest BCUT2D eigenvalue weighted by Gasteiger charge is 2.27. The number of nitrogens with one attached hydrogen (secondary N) is 1. The maximum absolute atomic E-state index is 3.71. The largest absolute Gasteiger partial charge is 0.313 e. The Bertz CT molecular complexity index is 335. The Morgan fingerprint density at radius 3 is 2.76 bits per heavy atom. The van der Waals surface area contributed by atoms with Gasteiger partial charge in [-0.3, -0.25) is 0 Å². The fourth-order valence-electron chi connectivity index (χ4n) is 2.34. The minimum atomic E-state index is 0.743. The summed E-state index contributed by atoms with van der Waals surface area (Å²) in [6.45, 7) is 5.66. The minimum Gasteiger partial charge on any atom is -0.313 e. The molecule has 0 saturated carbocycles. The van der Waals surface area contributed by atoms with Crippen LogP contribution >= 0.6 is 23.1 Å². The number of rotatable bonds is 6. The molecule has 0 amide bonds. The van der Waals surface area contributed by atoms with E-state index in [9.17, 15) is 0 Å². The summed E-state index contributed by atoms with van der Waals surface area (Å²) in [6.07, 6.45) is 3.70. The molecule has 17 heavy (non-hydrogen) atoms. The zero-order valence-electron chi connectivity index (χ0n) is 10.9. The molecule has 2 unspecified atom stereocenters. The van der Waals surface area contributed by atoms with Crippen molar-refractivity contribution in [2.75, 3.05) is 18.1 Å². The quantitative estimate of drug-likeness (QED) is 0.847. The second-order valence-electron chi connectivity index (χ2n) is 4.78. The second kappa shape index (κ2) is 6.81. The van der Waals surface area contributed by atoms with Crippen LogP contribution in [0.2, 0.25) is 0 Å². The van der Waals surface area contributed by atoms with Crippen LogP contribution in [0.25, 0.3) is 0 Å². The summed E-state index contributed by atoms with van der Waals surface area (Å²) in [6, 6.07) is 5.38. The SMILES string of the molecule is CCCNC1CSCC1Cc1ccc(CC)s1. The normalized spacial score (nSPS) is 24.4. The molecule has 1 aliphatic rings. The van der Waals surface area contributed by atoms with Gasteiger partial charge in [0.2, 0.25) is 0 Å². The first kappa shape index (κ1) is 13.4. The predicted molar refractivity (Wildman–Crippen MR) is 80.3 cm³/mol. The topological polar surface area (TPSA) is 12.0 Å². The van der Waals surface area contributed by atoms with Crippen LogP contribution in [0, 0.1) is 5.92 Å². The highest BCUT2D eigenvalue weighted by Crippen LogP contribution is 2.29. The van der Waals surface area contributed by atoms with Crippen LogP contribution in [-0.4, -0.2) is 24.1 Å². The van der Waals surface area contributed by atoms with Crippen molar-refractivity contribution in [1.82, 2.24) is 5.32 Å². The third-order valence-electron chi connectivity index (χ3n) is 3.38. The van der Waals surface area contributed by atoms with E-state index in [4.69, 9.17) is 0 Å². The van der Waals surface area contributed by atoms with Gasteiger partial charge in [-0.05, 0) is 49.6 Å². The van der Waals surface area contributed by atoms with E-state index in [1.807, 2.05) is 11.3 Å². The molecular weight excluding hydrogens is 246 g/mol. The van der Waals surface area contributed by atoms with Crippen LogP contribution in [0.15, 0.2) is 12.1 Å². The van der Waals surface area contributed by atoms with Crippen LogP contribution < -0.4 is 5.32 Å². The number of hydrogen-bond donors (Lipinski definition) is 1. The fourth-order valence-corrected chi connectivity index (χ4v) is 4.82. The third kappa shape index (κ3) is 3.73. The molecule has 1 fully saturated rings. The first-order valence-corrected chi connectivity index (χ1v) is 8.69. The first-order valence-electron chi connectivity index (χ1n) is 6.72. The molecule has 0 aliphatic carbocycles. The standard InChI is InChI=1S/C14H23NS2/c1-3-7-15-14-10-16-9-11(14)8-13-6-5-12(4-2)17-13/h5-6,11,14-15H,3-4,7-10H2,1-2H3. The van der Waals surface area contributed by atoms with Crippen molar-refractivity contribution in [2.45, 2.75) is 39.2 Å². The van der Waals surface area contributed by atoms with E-state index in [0.29, 0.717) is 0 Å². The molecule has 1 N–H and O–H groups in total. The molecule has 2 heterocycles. The Kier molecular flexibility index (Phi) is 5.39. The molecular formula is C14H23NS2. The molecule has 0 radical (unpaired) electrons. The summed E-state index contributed by atoms with van der Waals surface area (Å²) >= 11 is 4.12. The Balaban J connectivity index is 1.88. The molecule has 2 rings (SSSR count). The van der Waals surface area contributed by atoms with E-state index in [1.54, 1.807) is 4.88 Å². The van der Waals surface area contributed by atoms with Gasteiger partial charge in [-0.15, -0.1) is 11.3 Å². The molecule has 0 bridgehead atoms. The number of thiophene rings is 1.